The summed E-state index contributed by atoms with van der Waals surface area (Å²) in [5.74, 6) is 2.42. The molecule has 2 aromatic rings. The molecule has 0 N–H and O–H groups in total. The molecule has 1 unspecified atom stereocenters. The van der Waals surface area contributed by atoms with Crippen LogP contribution in [0.4, 0.5) is 13.2 Å². The normalized spacial score (nSPS) is 12.3. The molecule has 28 heavy (non-hydrogen) atoms. The summed E-state index contributed by atoms with van der Waals surface area (Å²) in [6.07, 6.45) is -5.14. The van der Waals surface area contributed by atoms with Crippen molar-refractivity contribution in [3.05, 3.63) is 54.1 Å². The molecule has 1 atom stereocenters. The molecule has 0 bridgehead atoms. The van der Waals surface area contributed by atoms with Crippen LogP contribution >= 0.6 is 11.8 Å². The van der Waals surface area contributed by atoms with Crippen LogP contribution in [0.2, 0.25) is 0 Å². The van der Waals surface area contributed by atoms with Gasteiger partial charge < -0.3 is 14.2 Å². The van der Waals surface area contributed by atoms with Crippen LogP contribution in [0.3, 0.4) is 0 Å². The number of esters is 1. The van der Waals surface area contributed by atoms with Crippen molar-refractivity contribution in [1.82, 2.24) is 0 Å². The highest BCUT2D eigenvalue weighted by Crippen LogP contribution is 2.31. The van der Waals surface area contributed by atoms with Gasteiger partial charge in [-0.15, -0.1) is 0 Å². The first-order chi connectivity index (χ1) is 13.3. The third-order valence-corrected chi connectivity index (χ3v) is 4.43. The lowest BCUT2D eigenvalue weighted by Crippen LogP contribution is -2.26. The Bertz CT molecular complexity index is 746. The van der Waals surface area contributed by atoms with Crippen LogP contribution in [0.25, 0.3) is 0 Å². The predicted octanol–water partition coefficient (Wildman–Crippen LogP) is 5.56. The smallest absolute Gasteiger partial charge is 0.416 e. The van der Waals surface area contributed by atoms with E-state index in [1.807, 2.05) is 6.92 Å². The van der Waals surface area contributed by atoms with Crippen LogP contribution < -0.4 is 9.47 Å². The van der Waals surface area contributed by atoms with Gasteiger partial charge in [0, 0.05) is 5.75 Å². The van der Waals surface area contributed by atoms with E-state index in [0.717, 1.165) is 23.6 Å². The minimum absolute atomic E-state index is 0.281. The molecular weight excluding hydrogens is 393 g/mol. The molecule has 2 aromatic carbocycles. The van der Waals surface area contributed by atoms with Crippen molar-refractivity contribution >= 4 is 17.7 Å². The highest BCUT2D eigenvalue weighted by Gasteiger charge is 2.30. The third-order valence-electron chi connectivity index (χ3n) is 3.56. The molecule has 0 aliphatic rings. The number of benzene rings is 2. The van der Waals surface area contributed by atoms with E-state index in [4.69, 9.17) is 14.2 Å². The fourth-order valence-electron chi connectivity index (χ4n) is 2.15. The fraction of sp³-hybridized carbons (Fsp3) is 0.350. The number of carbonyl (C=O) groups is 1. The summed E-state index contributed by atoms with van der Waals surface area (Å²) in [7, 11) is 0. The maximum Gasteiger partial charge on any atom is 0.416 e. The summed E-state index contributed by atoms with van der Waals surface area (Å²) < 4.78 is 53.9. The largest absolute Gasteiger partial charge is 0.479 e. The molecule has 2 rings (SSSR count). The van der Waals surface area contributed by atoms with Crippen molar-refractivity contribution in [2.45, 2.75) is 26.1 Å². The van der Waals surface area contributed by atoms with Crippen molar-refractivity contribution in [1.29, 1.82) is 0 Å². The lowest BCUT2D eigenvalue weighted by atomic mass is 10.2. The Morgan fingerprint density at radius 3 is 2.07 bits per heavy atom. The molecular formula is C20H21F3O4S. The number of rotatable bonds is 9. The maximum atomic E-state index is 12.6. The molecule has 0 radical (unpaired) electrons. The van der Waals surface area contributed by atoms with Gasteiger partial charge in [-0.25, -0.2) is 4.79 Å². The summed E-state index contributed by atoms with van der Waals surface area (Å²) >= 11 is 1.68. The molecule has 0 fully saturated rings. The van der Waals surface area contributed by atoms with E-state index in [0.29, 0.717) is 18.1 Å². The first kappa shape index (κ1) is 21.9. The highest BCUT2D eigenvalue weighted by molar-refractivity contribution is 7.99. The first-order valence-corrected chi connectivity index (χ1v) is 9.81. The van der Waals surface area contributed by atoms with Crippen LogP contribution in [0, 0.1) is 0 Å². The van der Waals surface area contributed by atoms with Gasteiger partial charge in [-0.1, -0.05) is 6.92 Å². The van der Waals surface area contributed by atoms with Gasteiger partial charge >= 0.3 is 12.1 Å². The van der Waals surface area contributed by atoms with Crippen LogP contribution in [0.15, 0.2) is 48.5 Å². The van der Waals surface area contributed by atoms with Gasteiger partial charge in [0.2, 0.25) is 0 Å². The number of hydrogen-bond donors (Lipinski definition) is 0. The molecule has 0 aliphatic carbocycles. The molecule has 0 spiro atoms. The average molecular weight is 414 g/mol. The summed E-state index contributed by atoms with van der Waals surface area (Å²) in [5.41, 5.74) is -0.738. The average Bonchev–Trinajstić information content (AvgIpc) is 2.66. The highest BCUT2D eigenvalue weighted by atomic mass is 32.2. The third kappa shape index (κ3) is 6.99. The van der Waals surface area contributed by atoms with Crippen molar-refractivity contribution in [2.75, 3.05) is 18.1 Å². The molecule has 4 nitrogen and oxygen atoms in total. The Hall–Kier alpha value is -2.35. The van der Waals surface area contributed by atoms with E-state index < -0.39 is 23.8 Å². The van der Waals surface area contributed by atoms with E-state index in [1.54, 1.807) is 43.0 Å². The van der Waals surface area contributed by atoms with Crippen molar-refractivity contribution in [2.24, 2.45) is 0 Å². The molecule has 0 saturated heterocycles. The van der Waals surface area contributed by atoms with Crippen LogP contribution in [-0.2, 0) is 15.7 Å². The number of hydrogen-bond acceptors (Lipinski definition) is 5. The zero-order chi connectivity index (χ0) is 20.6. The van der Waals surface area contributed by atoms with Gasteiger partial charge in [0.25, 0.3) is 0 Å². The topological polar surface area (TPSA) is 44.8 Å². The molecule has 0 saturated carbocycles. The van der Waals surface area contributed by atoms with Crippen molar-refractivity contribution in [3.8, 4) is 17.2 Å². The Labute approximate surface area is 166 Å². The molecule has 8 heteroatoms. The minimum Gasteiger partial charge on any atom is -0.479 e. The monoisotopic (exact) mass is 414 g/mol. The standard InChI is InChI=1S/C20H21F3O4S/c1-3-28-13-12-25-19(24)14(2)26-16-8-10-18(11-9-16)27-17-6-4-15(5-7-17)20(21,22)23/h4-11,14H,3,12-13H2,1-2H3. The van der Waals surface area contributed by atoms with Gasteiger partial charge in [-0.05, 0) is 61.2 Å². The molecule has 0 aliphatic heterocycles. The predicted molar refractivity (Wildman–Crippen MR) is 102 cm³/mol. The summed E-state index contributed by atoms with van der Waals surface area (Å²) in [6, 6.07) is 10.8. The number of thioether (sulfide) groups is 1. The Balaban J connectivity index is 1.86. The van der Waals surface area contributed by atoms with Gasteiger partial charge in [-0.3, -0.25) is 0 Å². The van der Waals surface area contributed by atoms with Gasteiger partial charge in [-0.2, -0.15) is 24.9 Å². The zero-order valence-corrected chi connectivity index (χ0v) is 16.3. The maximum absolute atomic E-state index is 12.6. The lowest BCUT2D eigenvalue weighted by Gasteiger charge is -2.14. The molecule has 0 aromatic heterocycles. The van der Waals surface area contributed by atoms with Crippen LogP contribution in [-0.4, -0.2) is 30.2 Å². The van der Waals surface area contributed by atoms with Gasteiger partial charge in [0.1, 0.15) is 23.9 Å². The molecule has 0 heterocycles. The summed E-state index contributed by atoms with van der Waals surface area (Å²) in [6.45, 7) is 3.97. The first-order valence-electron chi connectivity index (χ1n) is 8.66. The fourth-order valence-corrected chi connectivity index (χ4v) is 2.64. The SMILES string of the molecule is CCSCCOC(=O)C(C)Oc1ccc(Oc2ccc(C(F)(F)F)cc2)cc1. The van der Waals surface area contributed by atoms with Crippen molar-refractivity contribution in [3.63, 3.8) is 0 Å². The minimum atomic E-state index is -4.38. The molecule has 0 amide bonds. The van der Waals surface area contributed by atoms with E-state index in [9.17, 15) is 18.0 Å². The number of carbonyl (C=O) groups excluding carboxylic acids is 1. The summed E-state index contributed by atoms with van der Waals surface area (Å²) in [5, 5.41) is 0. The van der Waals surface area contributed by atoms with Crippen LogP contribution in [0.5, 0.6) is 17.2 Å². The second-order valence-electron chi connectivity index (χ2n) is 5.72. The second-order valence-corrected chi connectivity index (χ2v) is 7.11. The second kappa shape index (κ2) is 10.3. The Kier molecular flexibility index (Phi) is 8.04. The van der Waals surface area contributed by atoms with Crippen molar-refractivity contribution < 1.29 is 32.2 Å². The molecule has 152 valence electrons. The summed E-state index contributed by atoms with van der Waals surface area (Å²) in [4.78, 5) is 11.9. The number of halogens is 3. The van der Waals surface area contributed by atoms with Gasteiger partial charge in [0.05, 0.1) is 5.56 Å². The van der Waals surface area contributed by atoms with Crippen LogP contribution in [0.1, 0.15) is 19.4 Å². The van der Waals surface area contributed by atoms with E-state index in [-0.39, 0.29) is 5.75 Å². The zero-order valence-electron chi connectivity index (χ0n) is 15.5. The Morgan fingerprint density at radius 1 is 1.00 bits per heavy atom. The number of alkyl halides is 3. The van der Waals surface area contributed by atoms with E-state index in [1.165, 1.54) is 12.1 Å². The Morgan fingerprint density at radius 2 is 1.54 bits per heavy atom. The van der Waals surface area contributed by atoms with E-state index >= 15 is 0 Å². The van der Waals surface area contributed by atoms with E-state index in [2.05, 4.69) is 0 Å². The lowest BCUT2D eigenvalue weighted by molar-refractivity contribution is -0.150. The van der Waals surface area contributed by atoms with Gasteiger partial charge in [0.15, 0.2) is 6.10 Å². The quantitative estimate of drug-likeness (QED) is 0.397. The number of ether oxygens (including phenoxy) is 3.